The summed E-state index contributed by atoms with van der Waals surface area (Å²) in [5, 5.41) is 10.6. The van der Waals surface area contributed by atoms with Crippen LogP contribution in [0, 0.1) is 0 Å². The maximum Gasteiger partial charge on any atom is 0.335 e. The second-order valence-electron chi connectivity index (χ2n) is 8.73. The smallest absolute Gasteiger partial charge is 0.335 e. The van der Waals surface area contributed by atoms with E-state index in [1.54, 1.807) is 12.1 Å². The number of hydrogen-bond acceptors (Lipinski definition) is 4. The van der Waals surface area contributed by atoms with Crippen molar-refractivity contribution in [3.8, 4) is 11.5 Å². The highest BCUT2D eigenvalue weighted by molar-refractivity contribution is 6.32. The number of rotatable bonds is 4. The van der Waals surface area contributed by atoms with Crippen LogP contribution in [0.3, 0.4) is 0 Å². The summed E-state index contributed by atoms with van der Waals surface area (Å²) < 4.78 is 11.1. The van der Waals surface area contributed by atoms with E-state index < -0.39 is 5.97 Å². The van der Waals surface area contributed by atoms with Gasteiger partial charge in [0.15, 0.2) is 11.5 Å². The van der Waals surface area contributed by atoms with Crippen LogP contribution in [-0.4, -0.2) is 40.2 Å². The average molecular weight is 501 g/mol. The molecule has 1 unspecified atom stereocenters. The summed E-state index contributed by atoms with van der Waals surface area (Å²) in [6.45, 7) is 0.705. The molecule has 2 N–H and O–H groups in total. The van der Waals surface area contributed by atoms with Crippen LogP contribution in [0.2, 0.25) is 5.02 Å². The number of para-hydroxylation sites is 1. The predicted molar refractivity (Wildman–Crippen MR) is 136 cm³/mol. The molecule has 1 amide bonds. The average Bonchev–Trinajstić information content (AvgIpc) is 3.51. The van der Waals surface area contributed by atoms with Crippen molar-refractivity contribution in [3.63, 3.8) is 0 Å². The number of nitrogens with one attached hydrogen (secondary N) is 1. The van der Waals surface area contributed by atoms with Crippen molar-refractivity contribution >= 4 is 40.5 Å². The highest BCUT2D eigenvalue weighted by Gasteiger charge is 2.34. The van der Waals surface area contributed by atoms with Gasteiger partial charge in [0, 0.05) is 34.2 Å². The fraction of sp³-hybridized carbons (Fsp3) is 0.143. The zero-order valence-corrected chi connectivity index (χ0v) is 19.8. The quantitative estimate of drug-likeness (QED) is 0.364. The van der Waals surface area contributed by atoms with Gasteiger partial charge in [-0.25, -0.2) is 4.79 Å². The van der Waals surface area contributed by atoms with E-state index in [1.165, 1.54) is 23.8 Å². The number of aromatic amines is 1. The first-order valence-corrected chi connectivity index (χ1v) is 11.9. The Kier molecular flexibility index (Phi) is 5.42. The molecular weight excluding hydrogens is 480 g/mol. The topological polar surface area (TPSA) is 91.9 Å². The summed E-state index contributed by atoms with van der Waals surface area (Å²) in [6.07, 6.45) is 3.82. The van der Waals surface area contributed by atoms with Crippen LogP contribution < -0.4 is 9.47 Å². The molecule has 3 heterocycles. The number of carboxylic acids is 1. The normalized spacial score (nSPS) is 16.5. The molecule has 0 bridgehead atoms. The number of nitrogens with zero attached hydrogens (tertiary/aromatic N) is 1. The number of H-pyrrole nitrogens is 1. The van der Waals surface area contributed by atoms with Crippen LogP contribution in [0.4, 0.5) is 0 Å². The van der Waals surface area contributed by atoms with Crippen LogP contribution in [0.25, 0.3) is 17.0 Å². The first-order chi connectivity index (χ1) is 17.5. The minimum absolute atomic E-state index is 0.0914. The number of carbonyl (C=O) groups excluding carboxylic acids is 1. The first-order valence-electron chi connectivity index (χ1n) is 11.5. The number of aromatic carboxylic acids is 1. The van der Waals surface area contributed by atoms with Gasteiger partial charge in [-0.1, -0.05) is 41.9 Å². The molecule has 0 saturated heterocycles. The van der Waals surface area contributed by atoms with Gasteiger partial charge in [-0.15, -0.1) is 0 Å². The van der Waals surface area contributed by atoms with Crippen LogP contribution in [-0.2, 0) is 11.2 Å². The Hall–Kier alpha value is -4.23. The highest BCUT2D eigenvalue weighted by Crippen LogP contribution is 2.42. The predicted octanol–water partition coefficient (Wildman–Crippen LogP) is 5.44. The van der Waals surface area contributed by atoms with Crippen molar-refractivity contribution < 1.29 is 24.2 Å². The number of ether oxygens (including phenoxy) is 2. The molecular formula is C28H21ClN2O5. The second-order valence-corrected chi connectivity index (χ2v) is 9.14. The molecule has 180 valence electrons. The molecule has 2 aliphatic heterocycles. The molecule has 7 nitrogen and oxygen atoms in total. The van der Waals surface area contributed by atoms with Crippen molar-refractivity contribution in [1.29, 1.82) is 0 Å². The zero-order valence-electron chi connectivity index (χ0n) is 19.0. The molecule has 0 radical (unpaired) electrons. The summed E-state index contributed by atoms with van der Waals surface area (Å²) in [5.41, 5.74) is 4.79. The van der Waals surface area contributed by atoms with Gasteiger partial charge in [-0.05, 0) is 59.5 Å². The summed E-state index contributed by atoms with van der Waals surface area (Å²) in [4.78, 5) is 30.1. The van der Waals surface area contributed by atoms with Crippen LogP contribution >= 0.6 is 11.6 Å². The Morgan fingerprint density at radius 3 is 2.72 bits per heavy atom. The number of benzene rings is 3. The first kappa shape index (κ1) is 22.2. The Labute approximate surface area is 211 Å². The number of fused-ring (bicyclic) bond motifs is 4. The molecule has 0 fully saturated rings. The van der Waals surface area contributed by atoms with Gasteiger partial charge in [-0.3, -0.25) is 4.79 Å². The summed E-state index contributed by atoms with van der Waals surface area (Å²) in [6, 6.07) is 18.0. The molecule has 0 aliphatic carbocycles. The van der Waals surface area contributed by atoms with E-state index in [0.29, 0.717) is 30.0 Å². The molecule has 4 aromatic rings. The number of carboxylic acid groups (broad SMARTS) is 1. The van der Waals surface area contributed by atoms with Gasteiger partial charge in [0.25, 0.3) is 0 Å². The van der Waals surface area contributed by atoms with Crippen LogP contribution in [0.5, 0.6) is 11.5 Å². The van der Waals surface area contributed by atoms with E-state index >= 15 is 0 Å². The molecule has 1 aromatic heterocycles. The number of hydrogen-bond donors (Lipinski definition) is 2. The van der Waals surface area contributed by atoms with Crippen LogP contribution in [0.1, 0.15) is 38.8 Å². The van der Waals surface area contributed by atoms with Crippen molar-refractivity contribution in [2.45, 2.75) is 12.5 Å². The third-order valence-corrected chi connectivity index (χ3v) is 7.01. The lowest BCUT2D eigenvalue weighted by Gasteiger charge is -2.35. The van der Waals surface area contributed by atoms with Crippen molar-refractivity contribution in [2.24, 2.45) is 0 Å². The van der Waals surface area contributed by atoms with Crippen molar-refractivity contribution in [1.82, 2.24) is 9.88 Å². The molecule has 36 heavy (non-hydrogen) atoms. The molecule has 2 aliphatic rings. The van der Waals surface area contributed by atoms with Gasteiger partial charge in [-0.2, -0.15) is 0 Å². The Morgan fingerprint density at radius 2 is 1.89 bits per heavy atom. The van der Waals surface area contributed by atoms with E-state index in [0.717, 1.165) is 22.2 Å². The molecule has 8 heteroatoms. The largest absolute Gasteiger partial charge is 0.478 e. The van der Waals surface area contributed by atoms with E-state index in [1.807, 2.05) is 41.3 Å². The molecule has 6 rings (SSSR count). The second kappa shape index (κ2) is 8.77. The molecule has 0 spiro atoms. The van der Waals surface area contributed by atoms with E-state index in [4.69, 9.17) is 26.2 Å². The zero-order chi connectivity index (χ0) is 24.8. The summed E-state index contributed by atoms with van der Waals surface area (Å²) in [7, 11) is 0. The third kappa shape index (κ3) is 3.78. The van der Waals surface area contributed by atoms with Gasteiger partial charge in [0.05, 0.1) is 11.6 Å². The van der Waals surface area contributed by atoms with Crippen LogP contribution in [0.15, 0.2) is 66.7 Å². The molecule has 1 atom stereocenters. The lowest BCUT2D eigenvalue weighted by Crippen LogP contribution is -2.39. The fourth-order valence-electron chi connectivity index (χ4n) is 4.96. The minimum atomic E-state index is -1.06. The van der Waals surface area contributed by atoms with Crippen molar-refractivity contribution in [3.05, 3.63) is 99.7 Å². The number of halogens is 1. The van der Waals surface area contributed by atoms with Gasteiger partial charge < -0.3 is 24.5 Å². The van der Waals surface area contributed by atoms with Gasteiger partial charge in [0.2, 0.25) is 12.7 Å². The monoisotopic (exact) mass is 500 g/mol. The van der Waals surface area contributed by atoms with Gasteiger partial charge >= 0.3 is 5.97 Å². The fourth-order valence-corrected chi connectivity index (χ4v) is 5.20. The maximum absolute atomic E-state index is 13.5. The minimum Gasteiger partial charge on any atom is -0.478 e. The molecule has 3 aromatic carbocycles. The maximum atomic E-state index is 13.5. The van der Waals surface area contributed by atoms with E-state index in [9.17, 15) is 9.59 Å². The summed E-state index contributed by atoms with van der Waals surface area (Å²) >= 11 is 6.26. The molecule has 0 saturated carbocycles. The van der Waals surface area contributed by atoms with E-state index in [2.05, 4.69) is 11.1 Å². The lowest BCUT2D eigenvalue weighted by atomic mass is 9.92. The Balaban J connectivity index is 1.39. The van der Waals surface area contributed by atoms with Crippen molar-refractivity contribution in [2.75, 3.05) is 13.3 Å². The summed E-state index contributed by atoms with van der Waals surface area (Å²) in [5.74, 6) is 0.102. The third-order valence-electron chi connectivity index (χ3n) is 6.68. The number of carbonyl (C=O) groups is 2. The standard InChI is InChI=1S/C28H21ClN2O5/c29-21-13-18(28(33)34)6-5-16(21)8-10-25(32)31-12-11-20-19-3-1-2-4-22(19)30-26(20)27(31)17-7-9-23-24(14-17)36-15-35-23/h1-10,13-14,27,30H,11-12,15H2,(H,33,34)/b10-8+. The SMILES string of the molecule is O=C(O)c1ccc(/C=C/C(=O)N2CCc3c([nH]c4ccccc34)C2c2ccc3c(c2)OCO3)c(Cl)c1. The number of aromatic nitrogens is 1. The van der Waals surface area contributed by atoms with E-state index in [-0.39, 0.29) is 29.3 Å². The van der Waals surface area contributed by atoms with Gasteiger partial charge in [0.1, 0.15) is 0 Å². The Morgan fingerprint density at radius 1 is 1.06 bits per heavy atom. The highest BCUT2D eigenvalue weighted by atomic mass is 35.5. The number of amides is 1. The Bertz CT molecular complexity index is 1560. The lowest BCUT2D eigenvalue weighted by molar-refractivity contribution is -0.128.